The van der Waals surface area contributed by atoms with Crippen LogP contribution in [-0.2, 0) is 5.54 Å². The monoisotopic (exact) mass is 344 g/mol. The van der Waals surface area contributed by atoms with Crippen LogP contribution in [-0.4, -0.2) is 30.0 Å². The number of thiazole rings is 1. The first-order chi connectivity index (χ1) is 11.5. The first-order valence-corrected chi connectivity index (χ1v) is 8.79. The number of carbonyl (C=O) groups excluding carboxylic acids is 2. The van der Waals surface area contributed by atoms with Gasteiger partial charge in [-0.3, -0.25) is 9.69 Å². The van der Waals surface area contributed by atoms with Crippen molar-refractivity contribution in [2.24, 2.45) is 0 Å². The maximum atomic E-state index is 12.6. The molecule has 126 valence electrons. The lowest BCUT2D eigenvalue weighted by Crippen LogP contribution is -2.43. The van der Waals surface area contributed by atoms with Crippen molar-refractivity contribution in [2.75, 3.05) is 18.0 Å². The molecule has 0 bridgehead atoms. The Kier molecular flexibility index (Phi) is 4.53. The number of nitrogens with zero attached hydrogens (tertiary/aromatic N) is 2. The molecule has 2 heterocycles. The van der Waals surface area contributed by atoms with Crippen LogP contribution < -0.4 is 15.5 Å². The van der Waals surface area contributed by atoms with Gasteiger partial charge in [0.2, 0.25) is 0 Å². The first kappa shape index (κ1) is 16.4. The van der Waals surface area contributed by atoms with Gasteiger partial charge in [-0.05, 0) is 37.6 Å². The Morgan fingerprint density at radius 3 is 2.71 bits per heavy atom. The molecule has 2 N–H and O–H groups in total. The fourth-order valence-electron chi connectivity index (χ4n) is 2.62. The van der Waals surface area contributed by atoms with E-state index in [-0.39, 0.29) is 11.9 Å². The van der Waals surface area contributed by atoms with E-state index < -0.39 is 5.54 Å². The topological polar surface area (TPSA) is 74.3 Å². The number of benzene rings is 1. The molecule has 0 radical (unpaired) electrons. The summed E-state index contributed by atoms with van der Waals surface area (Å²) in [6.45, 7) is 5.29. The predicted molar refractivity (Wildman–Crippen MR) is 94.4 cm³/mol. The maximum absolute atomic E-state index is 12.6. The van der Waals surface area contributed by atoms with Crippen molar-refractivity contribution in [3.63, 3.8) is 0 Å². The lowest BCUT2D eigenvalue weighted by Gasteiger charge is -2.27. The molecule has 0 saturated carbocycles. The molecule has 24 heavy (non-hydrogen) atoms. The summed E-state index contributed by atoms with van der Waals surface area (Å²) in [7, 11) is 0. The molecule has 1 aromatic carbocycles. The summed E-state index contributed by atoms with van der Waals surface area (Å²) in [4.78, 5) is 30.3. The zero-order valence-corrected chi connectivity index (χ0v) is 14.5. The molecule has 3 amide bonds. The average molecular weight is 344 g/mol. The van der Waals surface area contributed by atoms with Crippen LogP contribution in [0.15, 0.2) is 35.8 Å². The van der Waals surface area contributed by atoms with Gasteiger partial charge in [0.1, 0.15) is 5.01 Å². The molecule has 1 fully saturated rings. The maximum Gasteiger partial charge on any atom is 0.321 e. The Balaban J connectivity index is 1.74. The van der Waals surface area contributed by atoms with Crippen molar-refractivity contribution in [1.29, 1.82) is 0 Å². The Morgan fingerprint density at radius 1 is 1.42 bits per heavy atom. The summed E-state index contributed by atoms with van der Waals surface area (Å²) in [5, 5.41) is 8.64. The number of rotatable bonds is 5. The second-order valence-electron chi connectivity index (χ2n) is 5.91. The van der Waals surface area contributed by atoms with E-state index in [2.05, 4.69) is 15.6 Å². The van der Waals surface area contributed by atoms with Gasteiger partial charge in [-0.15, -0.1) is 11.3 Å². The highest BCUT2D eigenvalue weighted by Gasteiger charge is 2.29. The van der Waals surface area contributed by atoms with Crippen molar-refractivity contribution < 1.29 is 9.59 Å². The van der Waals surface area contributed by atoms with Gasteiger partial charge in [0, 0.05) is 35.9 Å². The highest BCUT2D eigenvalue weighted by atomic mass is 32.1. The third-order valence-corrected chi connectivity index (χ3v) is 5.34. The average Bonchev–Trinajstić information content (AvgIpc) is 3.26. The van der Waals surface area contributed by atoms with Gasteiger partial charge in [-0.2, -0.15) is 0 Å². The zero-order chi connectivity index (χ0) is 17.2. The number of hydrogen-bond acceptors (Lipinski definition) is 4. The van der Waals surface area contributed by atoms with Crippen LogP contribution in [0.25, 0.3) is 0 Å². The third-order valence-electron chi connectivity index (χ3n) is 4.30. The SMILES string of the molecule is CC[C@@](C)(NC(=O)c1ccc(N2CCNC2=O)cc1)c1nccs1. The second kappa shape index (κ2) is 6.60. The van der Waals surface area contributed by atoms with Crippen molar-refractivity contribution >= 4 is 29.0 Å². The first-order valence-electron chi connectivity index (χ1n) is 7.91. The fourth-order valence-corrected chi connectivity index (χ4v) is 3.45. The van der Waals surface area contributed by atoms with Crippen molar-refractivity contribution in [1.82, 2.24) is 15.6 Å². The molecule has 3 rings (SSSR count). The van der Waals surface area contributed by atoms with Crippen LogP contribution in [0.3, 0.4) is 0 Å². The van der Waals surface area contributed by atoms with Gasteiger partial charge < -0.3 is 10.6 Å². The quantitative estimate of drug-likeness (QED) is 0.876. The zero-order valence-electron chi connectivity index (χ0n) is 13.7. The van der Waals surface area contributed by atoms with Crippen LogP contribution >= 0.6 is 11.3 Å². The van der Waals surface area contributed by atoms with E-state index in [9.17, 15) is 9.59 Å². The molecule has 1 aromatic heterocycles. The summed E-state index contributed by atoms with van der Waals surface area (Å²) < 4.78 is 0. The van der Waals surface area contributed by atoms with Crippen molar-refractivity contribution in [2.45, 2.75) is 25.8 Å². The van der Waals surface area contributed by atoms with Gasteiger partial charge >= 0.3 is 6.03 Å². The number of carbonyl (C=O) groups is 2. The van der Waals surface area contributed by atoms with E-state index in [4.69, 9.17) is 0 Å². The summed E-state index contributed by atoms with van der Waals surface area (Å²) in [5.41, 5.74) is 0.869. The number of anilines is 1. The summed E-state index contributed by atoms with van der Waals surface area (Å²) in [6, 6.07) is 6.98. The number of amides is 3. The Bertz CT molecular complexity index is 730. The highest BCUT2D eigenvalue weighted by molar-refractivity contribution is 7.09. The normalized spacial score (nSPS) is 16.6. The van der Waals surface area contributed by atoms with E-state index >= 15 is 0 Å². The largest absolute Gasteiger partial charge is 0.340 e. The summed E-state index contributed by atoms with van der Waals surface area (Å²) in [6.07, 6.45) is 2.49. The fraction of sp³-hybridized carbons (Fsp3) is 0.353. The Hall–Kier alpha value is -2.41. The highest BCUT2D eigenvalue weighted by Crippen LogP contribution is 2.27. The smallest absolute Gasteiger partial charge is 0.321 e. The van der Waals surface area contributed by atoms with Crippen LogP contribution in [0.1, 0.15) is 35.6 Å². The van der Waals surface area contributed by atoms with E-state index in [0.29, 0.717) is 18.7 Å². The molecule has 0 spiro atoms. The van der Waals surface area contributed by atoms with Gasteiger partial charge in [-0.25, -0.2) is 9.78 Å². The molecule has 1 aliphatic rings. The Morgan fingerprint density at radius 2 is 2.17 bits per heavy atom. The van der Waals surface area contributed by atoms with Gasteiger partial charge in [0.05, 0.1) is 5.54 Å². The Labute approximate surface area is 144 Å². The van der Waals surface area contributed by atoms with Crippen LogP contribution in [0, 0.1) is 0 Å². The minimum absolute atomic E-state index is 0.102. The number of hydrogen-bond donors (Lipinski definition) is 2. The lowest BCUT2D eigenvalue weighted by molar-refractivity contribution is 0.0902. The molecular formula is C17H20N4O2S. The van der Waals surface area contributed by atoms with Crippen LogP contribution in [0.4, 0.5) is 10.5 Å². The molecular weight excluding hydrogens is 324 g/mol. The van der Waals surface area contributed by atoms with Gasteiger partial charge in [-0.1, -0.05) is 6.92 Å². The standard InChI is InChI=1S/C17H20N4O2S/c1-3-17(2,15-18-9-11-24-15)20-14(22)12-4-6-13(7-5-12)21-10-8-19-16(21)23/h4-7,9,11H,3,8,10H2,1-2H3,(H,19,23)(H,20,22)/t17-/m1/s1. The number of urea groups is 1. The van der Waals surface area contributed by atoms with E-state index in [1.807, 2.05) is 19.2 Å². The molecule has 2 aromatic rings. The molecule has 1 aliphatic heterocycles. The second-order valence-corrected chi connectivity index (χ2v) is 6.80. The van der Waals surface area contributed by atoms with E-state index in [1.165, 1.54) is 11.3 Å². The molecule has 7 heteroatoms. The minimum Gasteiger partial charge on any atom is -0.340 e. The molecule has 1 saturated heterocycles. The third kappa shape index (κ3) is 3.12. The number of aromatic nitrogens is 1. The van der Waals surface area contributed by atoms with Gasteiger partial charge in [0.25, 0.3) is 5.91 Å². The summed E-state index contributed by atoms with van der Waals surface area (Å²) >= 11 is 1.53. The predicted octanol–water partition coefficient (Wildman–Crippen LogP) is 2.73. The molecule has 6 nitrogen and oxygen atoms in total. The molecule has 1 atom stereocenters. The molecule has 0 aliphatic carbocycles. The lowest BCUT2D eigenvalue weighted by atomic mass is 9.99. The van der Waals surface area contributed by atoms with Crippen LogP contribution in [0.2, 0.25) is 0 Å². The summed E-state index contributed by atoms with van der Waals surface area (Å²) in [5.74, 6) is -0.146. The van der Waals surface area contributed by atoms with Crippen molar-refractivity contribution in [3.05, 3.63) is 46.4 Å². The van der Waals surface area contributed by atoms with Gasteiger partial charge in [0.15, 0.2) is 0 Å². The van der Waals surface area contributed by atoms with E-state index in [1.54, 1.807) is 35.4 Å². The van der Waals surface area contributed by atoms with Crippen LogP contribution in [0.5, 0.6) is 0 Å². The van der Waals surface area contributed by atoms with E-state index in [0.717, 1.165) is 17.1 Å². The minimum atomic E-state index is -0.487. The molecule has 0 unspecified atom stereocenters. The number of nitrogens with one attached hydrogen (secondary N) is 2. The van der Waals surface area contributed by atoms with Crippen molar-refractivity contribution in [3.8, 4) is 0 Å².